The van der Waals surface area contributed by atoms with Crippen LogP contribution >= 0.6 is 0 Å². The Morgan fingerprint density at radius 3 is 2.31 bits per heavy atom. The van der Waals surface area contributed by atoms with Gasteiger partial charge in [0, 0.05) is 20.3 Å². The summed E-state index contributed by atoms with van der Waals surface area (Å²) in [7, 11) is 3.90. The lowest BCUT2D eigenvalue weighted by Crippen LogP contribution is -2.37. The molecule has 2 heterocycles. The Bertz CT molecular complexity index is 172. The summed E-state index contributed by atoms with van der Waals surface area (Å²) in [4.78, 5) is 2.27. The summed E-state index contributed by atoms with van der Waals surface area (Å²) in [6.07, 6.45) is 6.82. The average Bonchev–Trinajstić information content (AvgIpc) is 2.31. The first-order valence-corrected chi connectivity index (χ1v) is 6.26. The van der Waals surface area contributed by atoms with Crippen LogP contribution in [0.15, 0.2) is 0 Å². The zero-order valence-electron chi connectivity index (χ0n) is 10.5. The van der Waals surface area contributed by atoms with E-state index in [1.807, 2.05) is 0 Å². The fourth-order valence-corrected chi connectivity index (χ4v) is 2.07. The van der Waals surface area contributed by atoms with Gasteiger partial charge in [-0.05, 0) is 45.6 Å². The van der Waals surface area contributed by atoms with Crippen molar-refractivity contribution in [1.82, 2.24) is 4.90 Å². The third-order valence-electron chi connectivity index (χ3n) is 3.13. The first-order chi connectivity index (χ1) is 7.74. The molecule has 16 heavy (non-hydrogen) atoms. The average molecular weight is 231 g/mol. The molecule has 0 spiro atoms. The summed E-state index contributed by atoms with van der Waals surface area (Å²) < 4.78 is 10.1. The van der Waals surface area contributed by atoms with Crippen molar-refractivity contribution in [3.05, 3.63) is 0 Å². The predicted molar refractivity (Wildman–Crippen MR) is 63.1 cm³/mol. The van der Waals surface area contributed by atoms with Gasteiger partial charge in [0.05, 0.1) is 0 Å². The summed E-state index contributed by atoms with van der Waals surface area (Å²) >= 11 is 0. The van der Waals surface area contributed by atoms with Crippen molar-refractivity contribution in [2.24, 2.45) is 0 Å². The molecule has 0 radical (unpaired) electrons. The van der Waals surface area contributed by atoms with Crippen LogP contribution in [0.4, 0.5) is 0 Å². The van der Waals surface area contributed by atoms with Crippen LogP contribution in [0.5, 0.6) is 0 Å². The van der Waals surface area contributed by atoms with Gasteiger partial charge in [0.25, 0.3) is 0 Å². The Morgan fingerprint density at radius 1 is 1.19 bits per heavy atom. The first-order valence-electron chi connectivity index (χ1n) is 6.26. The molecule has 0 aliphatic carbocycles. The van der Waals surface area contributed by atoms with E-state index in [-0.39, 0.29) is 0 Å². The molecule has 2 unspecified atom stereocenters. The standard InChI is InChI=1S/C7H15NO.C5H10O2/c1-8-6-4-3-5-7(8)9-2;6-5-3-1-2-4-7-5/h7H,3-6H2,1-2H3;5-6H,1-4H2. The van der Waals surface area contributed by atoms with E-state index in [0.29, 0.717) is 6.23 Å². The van der Waals surface area contributed by atoms with E-state index >= 15 is 0 Å². The van der Waals surface area contributed by atoms with E-state index in [2.05, 4.69) is 11.9 Å². The lowest BCUT2D eigenvalue weighted by atomic mass is 10.1. The molecule has 2 atom stereocenters. The van der Waals surface area contributed by atoms with E-state index in [9.17, 15) is 0 Å². The van der Waals surface area contributed by atoms with E-state index in [4.69, 9.17) is 14.6 Å². The van der Waals surface area contributed by atoms with Gasteiger partial charge in [-0.3, -0.25) is 4.90 Å². The lowest BCUT2D eigenvalue weighted by molar-refractivity contribution is -0.123. The highest BCUT2D eigenvalue weighted by Crippen LogP contribution is 2.14. The van der Waals surface area contributed by atoms with Crippen LogP contribution in [0.1, 0.15) is 38.5 Å². The summed E-state index contributed by atoms with van der Waals surface area (Å²) in [6, 6.07) is 0. The Hall–Kier alpha value is -0.160. The Balaban J connectivity index is 0.000000165. The Kier molecular flexibility index (Phi) is 6.96. The third kappa shape index (κ3) is 5.25. The first kappa shape index (κ1) is 13.9. The van der Waals surface area contributed by atoms with Gasteiger partial charge in [0.15, 0.2) is 6.29 Å². The maximum atomic E-state index is 8.69. The molecular formula is C12H25NO3. The number of aliphatic hydroxyl groups is 1. The van der Waals surface area contributed by atoms with Gasteiger partial charge in [-0.1, -0.05) is 0 Å². The molecule has 2 fully saturated rings. The smallest absolute Gasteiger partial charge is 0.154 e. The van der Waals surface area contributed by atoms with Gasteiger partial charge in [-0.15, -0.1) is 0 Å². The lowest BCUT2D eigenvalue weighted by Gasteiger charge is -2.30. The Morgan fingerprint density at radius 2 is 1.94 bits per heavy atom. The molecule has 0 saturated carbocycles. The van der Waals surface area contributed by atoms with Crippen LogP contribution in [0.3, 0.4) is 0 Å². The molecule has 4 heteroatoms. The van der Waals surface area contributed by atoms with Gasteiger partial charge >= 0.3 is 0 Å². The topological polar surface area (TPSA) is 41.9 Å². The van der Waals surface area contributed by atoms with Crippen LogP contribution in [0.2, 0.25) is 0 Å². The highest BCUT2D eigenvalue weighted by Gasteiger charge is 2.16. The molecule has 4 nitrogen and oxygen atoms in total. The van der Waals surface area contributed by atoms with E-state index in [1.54, 1.807) is 7.11 Å². The normalized spacial score (nSPS) is 31.7. The van der Waals surface area contributed by atoms with Crippen molar-refractivity contribution in [3.63, 3.8) is 0 Å². The number of hydrogen-bond donors (Lipinski definition) is 1. The van der Waals surface area contributed by atoms with E-state index < -0.39 is 6.29 Å². The number of rotatable bonds is 1. The fraction of sp³-hybridized carbons (Fsp3) is 1.00. The van der Waals surface area contributed by atoms with Gasteiger partial charge in [0.1, 0.15) is 6.23 Å². The monoisotopic (exact) mass is 231 g/mol. The number of methoxy groups -OCH3 is 1. The van der Waals surface area contributed by atoms with Crippen LogP contribution < -0.4 is 0 Å². The third-order valence-corrected chi connectivity index (χ3v) is 3.13. The van der Waals surface area contributed by atoms with Gasteiger partial charge in [-0.25, -0.2) is 0 Å². The zero-order valence-corrected chi connectivity index (χ0v) is 10.5. The van der Waals surface area contributed by atoms with Gasteiger partial charge in [0.2, 0.25) is 0 Å². The van der Waals surface area contributed by atoms with Gasteiger partial charge < -0.3 is 14.6 Å². The summed E-state index contributed by atoms with van der Waals surface area (Å²) in [5, 5.41) is 8.69. The molecule has 1 N–H and O–H groups in total. The minimum absolute atomic E-state index is 0.388. The minimum atomic E-state index is -0.464. The Labute approximate surface area is 98.5 Å². The number of likely N-dealkylation sites (tertiary alicyclic amines) is 1. The van der Waals surface area contributed by atoms with Crippen LogP contribution in [-0.2, 0) is 9.47 Å². The molecule has 0 aromatic rings. The SMILES string of the molecule is COC1CCCCN1C.OC1CCCCO1. The number of aliphatic hydroxyl groups excluding tert-OH is 1. The maximum Gasteiger partial charge on any atom is 0.154 e. The van der Waals surface area contributed by atoms with Crippen molar-refractivity contribution in [2.75, 3.05) is 27.3 Å². The molecule has 2 saturated heterocycles. The van der Waals surface area contributed by atoms with Crippen molar-refractivity contribution < 1.29 is 14.6 Å². The van der Waals surface area contributed by atoms with Crippen molar-refractivity contribution in [1.29, 1.82) is 0 Å². The number of nitrogens with zero attached hydrogens (tertiary/aromatic N) is 1. The molecular weight excluding hydrogens is 206 g/mol. The largest absolute Gasteiger partial charge is 0.368 e. The van der Waals surface area contributed by atoms with Crippen molar-refractivity contribution in [3.8, 4) is 0 Å². The number of piperidine rings is 1. The molecule has 2 aliphatic heterocycles. The van der Waals surface area contributed by atoms with Crippen molar-refractivity contribution >= 4 is 0 Å². The molecule has 0 bridgehead atoms. The second-order valence-electron chi connectivity index (χ2n) is 4.49. The number of ether oxygens (including phenoxy) is 2. The second-order valence-corrected chi connectivity index (χ2v) is 4.49. The minimum Gasteiger partial charge on any atom is -0.368 e. The highest BCUT2D eigenvalue weighted by molar-refractivity contribution is 4.64. The number of hydrogen-bond acceptors (Lipinski definition) is 4. The molecule has 0 amide bonds. The molecule has 0 aromatic heterocycles. The summed E-state index contributed by atoms with van der Waals surface area (Å²) in [6.45, 7) is 1.93. The molecule has 2 rings (SSSR count). The fourth-order valence-electron chi connectivity index (χ4n) is 2.07. The second kappa shape index (κ2) is 8.01. The van der Waals surface area contributed by atoms with Crippen molar-refractivity contribution in [2.45, 2.75) is 51.0 Å². The van der Waals surface area contributed by atoms with Crippen LogP contribution in [0, 0.1) is 0 Å². The molecule has 2 aliphatic rings. The van der Waals surface area contributed by atoms with Crippen LogP contribution in [0.25, 0.3) is 0 Å². The van der Waals surface area contributed by atoms with Crippen LogP contribution in [-0.4, -0.2) is 49.8 Å². The van der Waals surface area contributed by atoms with E-state index in [0.717, 1.165) is 25.9 Å². The van der Waals surface area contributed by atoms with E-state index in [1.165, 1.54) is 25.8 Å². The molecule has 0 aromatic carbocycles. The zero-order chi connectivity index (χ0) is 11.8. The predicted octanol–water partition coefficient (Wildman–Crippen LogP) is 1.58. The van der Waals surface area contributed by atoms with Gasteiger partial charge in [-0.2, -0.15) is 0 Å². The highest BCUT2D eigenvalue weighted by atomic mass is 16.6. The quantitative estimate of drug-likeness (QED) is 0.744. The summed E-state index contributed by atoms with van der Waals surface area (Å²) in [5.74, 6) is 0. The molecule has 96 valence electrons. The summed E-state index contributed by atoms with van der Waals surface area (Å²) in [5.41, 5.74) is 0. The maximum absolute atomic E-state index is 8.69.